The van der Waals surface area contributed by atoms with Crippen molar-refractivity contribution in [3.8, 4) is 11.5 Å². The van der Waals surface area contributed by atoms with Gasteiger partial charge in [0.15, 0.2) is 0 Å². The third kappa shape index (κ3) is 5.16. The Hall–Kier alpha value is -2.93. The predicted octanol–water partition coefficient (Wildman–Crippen LogP) is 5.73. The number of thiazole rings is 1. The summed E-state index contributed by atoms with van der Waals surface area (Å²) in [5.74, 6) is 0.567. The molecule has 0 bridgehead atoms. The molecule has 0 unspecified atom stereocenters. The van der Waals surface area contributed by atoms with Gasteiger partial charge in [0.25, 0.3) is 5.91 Å². The number of methoxy groups -OCH3 is 1. The number of carbonyl (C=O) groups is 1. The first-order valence-corrected chi connectivity index (χ1v) is 10.3. The summed E-state index contributed by atoms with van der Waals surface area (Å²) in [4.78, 5) is 17.9. The van der Waals surface area contributed by atoms with Gasteiger partial charge in [-0.05, 0) is 54.3 Å². The van der Waals surface area contributed by atoms with Gasteiger partial charge in [-0.15, -0.1) is 11.3 Å². The predicted molar refractivity (Wildman–Crippen MR) is 117 cm³/mol. The van der Waals surface area contributed by atoms with Crippen molar-refractivity contribution >= 4 is 22.9 Å². The van der Waals surface area contributed by atoms with Crippen LogP contribution in [0.3, 0.4) is 0 Å². The molecule has 158 valence electrons. The van der Waals surface area contributed by atoms with Crippen molar-refractivity contribution in [2.75, 3.05) is 12.4 Å². The van der Waals surface area contributed by atoms with Crippen LogP contribution >= 0.6 is 11.3 Å². The molecule has 0 aliphatic rings. The molecule has 0 aliphatic carbocycles. The van der Waals surface area contributed by atoms with Crippen molar-refractivity contribution in [3.05, 3.63) is 69.4 Å². The van der Waals surface area contributed by atoms with Crippen LogP contribution in [0, 0.1) is 12.7 Å². The molecule has 3 aromatic rings. The molecule has 1 N–H and O–H groups in total. The molecule has 2 aromatic carbocycles. The fraction of sp³-hybridized carbons (Fsp3) is 0.304. The largest absolute Gasteiger partial charge is 0.495 e. The summed E-state index contributed by atoms with van der Waals surface area (Å²) >= 11 is 1.27. The van der Waals surface area contributed by atoms with E-state index in [1.54, 1.807) is 26.2 Å². The zero-order valence-electron chi connectivity index (χ0n) is 17.7. The summed E-state index contributed by atoms with van der Waals surface area (Å²) in [6, 6.07) is 11.6. The number of aromatic nitrogens is 1. The molecule has 0 saturated carbocycles. The number of ether oxygens (including phenoxy) is 2. The van der Waals surface area contributed by atoms with Crippen molar-refractivity contribution in [3.63, 3.8) is 0 Å². The number of rotatable bonds is 6. The number of hydrogen-bond acceptors (Lipinski definition) is 5. The lowest BCUT2D eigenvalue weighted by atomic mass is 9.87. The molecule has 1 heterocycles. The molecule has 0 atom stereocenters. The lowest BCUT2D eigenvalue weighted by molar-refractivity contribution is 0.102. The zero-order valence-corrected chi connectivity index (χ0v) is 18.5. The molecule has 0 saturated heterocycles. The average molecular weight is 429 g/mol. The van der Waals surface area contributed by atoms with E-state index in [1.807, 2.05) is 18.2 Å². The third-order valence-corrected chi connectivity index (χ3v) is 5.67. The minimum atomic E-state index is -0.322. The second kappa shape index (κ2) is 8.83. The molecule has 0 spiro atoms. The quantitative estimate of drug-likeness (QED) is 0.545. The first-order chi connectivity index (χ1) is 14.2. The maximum Gasteiger partial charge on any atom is 0.267 e. The monoisotopic (exact) mass is 428 g/mol. The minimum Gasteiger partial charge on any atom is -0.495 e. The van der Waals surface area contributed by atoms with Gasteiger partial charge in [0.05, 0.1) is 18.5 Å². The number of nitrogens with zero attached hydrogens (tertiary/aromatic N) is 1. The number of aryl methyl sites for hydroxylation is 1. The number of carbonyl (C=O) groups excluding carboxylic acids is 1. The molecule has 1 aromatic heterocycles. The van der Waals surface area contributed by atoms with Crippen LogP contribution in [0.25, 0.3) is 0 Å². The second-order valence-electron chi connectivity index (χ2n) is 7.88. The fourth-order valence-corrected chi connectivity index (χ4v) is 3.72. The van der Waals surface area contributed by atoms with E-state index in [9.17, 15) is 9.18 Å². The van der Waals surface area contributed by atoms with Gasteiger partial charge in [0.2, 0.25) is 0 Å². The summed E-state index contributed by atoms with van der Waals surface area (Å²) in [5, 5.41) is 3.61. The summed E-state index contributed by atoms with van der Waals surface area (Å²) in [6.07, 6.45) is 0. The van der Waals surface area contributed by atoms with Crippen LogP contribution in [0.5, 0.6) is 11.5 Å². The van der Waals surface area contributed by atoms with E-state index < -0.39 is 0 Å². The number of benzene rings is 2. The third-order valence-electron chi connectivity index (χ3n) is 4.54. The van der Waals surface area contributed by atoms with Gasteiger partial charge in [0.1, 0.15) is 33.8 Å². The Morgan fingerprint density at radius 2 is 1.87 bits per heavy atom. The van der Waals surface area contributed by atoms with Crippen molar-refractivity contribution < 1.29 is 18.7 Å². The Morgan fingerprint density at radius 1 is 1.17 bits per heavy atom. The lowest BCUT2D eigenvalue weighted by Gasteiger charge is -2.21. The average Bonchev–Trinajstić information content (AvgIpc) is 3.07. The van der Waals surface area contributed by atoms with Crippen molar-refractivity contribution in [2.24, 2.45) is 0 Å². The minimum absolute atomic E-state index is 0.0585. The first-order valence-electron chi connectivity index (χ1n) is 9.52. The first kappa shape index (κ1) is 21.8. The Morgan fingerprint density at radius 3 is 2.50 bits per heavy atom. The van der Waals surface area contributed by atoms with Crippen LogP contribution in [0.15, 0.2) is 42.5 Å². The second-order valence-corrected chi connectivity index (χ2v) is 8.97. The van der Waals surface area contributed by atoms with E-state index in [4.69, 9.17) is 9.47 Å². The maximum atomic E-state index is 13.0. The van der Waals surface area contributed by atoms with Crippen LogP contribution in [0.2, 0.25) is 0 Å². The van der Waals surface area contributed by atoms with Crippen molar-refractivity contribution in [1.29, 1.82) is 0 Å². The molecule has 0 fully saturated rings. The van der Waals surface area contributed by atoms with Crippen LogP contribution in [-0.4, -0.2) is 18.0 Å². The summed E-state index contributed by atoms with van der Waals surface area (Å²) in [6.45, 7) is 8.33. The topological polar surface area (TPSA) is 60.5 Å². The molecule has 5 nitrogen and oxygen atoms in total. The Bertz CT molecular complexity index is 1040. The molecule has 3 rings (SSSR count). The number of hydrogen-bond donors (Lipinski definition) is 1. The van der Waals surface area contributed by atoms with Gasteiger partial charge in [-0.25, -0.2) is 9.37 Å². The smallest absolute Gasteiger partial charge is 0.267 e. The van der Waals surface area contributed by atoms with E-state index in [-0.39, 0.29) is 23.7 Å². The van der Waals surface area contributed by atoms with Crippen LogP contribution in [0.1, 0.15) is 46.7 Å². The van der Waals surface area contributed by atoms with Crippen LogP contribution in [0.4, 0.5) is 10.1 Å². The molecule has 0 radical (unpaired) electrons. The molecular formula is C23H25FN2O3S. The molecule has 30 heavy (non-hydrogen) atoms. The van der Waals surface area contributed by atoms with Crippen LogP contribution < -0.4 is 14.8 Å². The Balaban J connectivity index is 1.75. The van der Waals surface area contributed by atoms with Crippen molar-refractivity contribution in [1.82, 2.24) is 4.98 Å². The summed E-state index contributed by atoms with van der Waals surface area (Å²) in [7, 11) is 1.57. The highest BCUT2D eigenvalue weighted by Gasteiger charge is 2.20. The SMILES string of the molecule is COc1ccc(C(C)(C)C)cc1NC(=O)c1sc(COc2ccc(F)cc2)nc1C. The number of amides is 1. The van der Waals surface area contributed by atoms with E-state index in [0.717, 1.165) is 5.56 Å². The highest BCUT2D eigenvalue weighted by molar-refractivity contribution is 7.13. The number of halogens is 1. The summed E-state index contributed by atoms with van der Waals surface area (Å²) < 4.78 is 24.0. The Labute approximate surface area is 179 Å². The van der Waals surface area contributed by atoms with Gasteiger partial charge in [-0.2, -0.15) is 0 Å². The van der Waals surface area contributed by atoms with Gasteiger partial charge in [-0.1, -0.05) is 26.8 Å². The highest BCUT2D eigenvalue weighted by atomic mass is 32.1. The van der Waals surface area contributed by atoms with Crippen LogP contribution in [-0.2, 0) is 12.0 Å². The lowest BCUT2D eigenvalue weighted by Crippen LogP contribution is -2.15. The standard InChI is InChI=1S/C23H25FN2O3S/c1-14-21(30-20(25-14)13-29-17-9-7-16(24)8-10-17)22(27)26-18-12-15(23(2,3)4)6-11-19(18)28-5/h6-12H,13H2,1-5H3,(H,26,27). The van der Waals surface area contributed by atoms with Gasteiger partial charge in [-0.3, -0.25) is 4.79 Å². The fourth-order valence-electron chi connectivity index (χ4n) is 2.85. The number of anilines is 1. The van der Waals surface area contributed by atoms with E-state index in [1.165, 1.54) is 23.5 Å². The van der Waals surface area contributed by atoms with Gasteiger partial charge in [0, 0.05) is 0 Å². The molecule has 7 heteroatoms. The zero-order chi connectivity index (χ0) is 21.9. The Kier molecular flexibility index (Phi) is 6.41. The normalized spacial score (nSPS) is 11.3. The molecular weight excluding hydrogens is 403 g/mol. The van der Waals surface area contributed by atoms with Gasteiger partial charge >= 0.3 is 0 Å². The summed E-state index contributed by atoms with van der Waals surface area (Å²) in [5.41, 5.74) is 2.28. The van der Waals surface area contributed by atoms with E-state index >= 15 is 0 Å². The maximum absolute atomic E-state index is 13.0. The van der Waals surface area contributed by atoms with E-state index in [2.05, 4.69) is 31.1 Å². The molecule has 0 aliphatic heterocycles. The number of nitrogens with one attached hydrogen (secondary N) is 1. The van der Waals surface area contributed by atoms with E-state index in [0.29, 0.717) is 32.8 Å². The van der Waals surface area contributed by atoms with Gasteiger partial charge < -0.3 is 14.8 Å². The van der Waals surface area contributed by atoms with Crippen molar-refractivity contribution in [2.45, 2.75) is 39.7 Å². The molecule has 1 amide bonds. The highest BCUT2D eigenvalue weighted by Crippen LogP contribution is 2.32.